The number of rotatable bonds is 5. The van der Waals surface area contributed by atoms with E-state index >= 15 is 0 Å². The standard InChI is InChI=1S/C16H13FN2O3S/c1-21-12-6-7-13-14(8-12)23-16(18-13)19-15(20)9-22-11-4-2-10(17)3-5-11/h2-8H,9H2,1H3,(H,18,19,20). The van der Waals surface area contributed by atoms with Gasteiger partial charge in [-0.2, -0.15) is 0 Å². The summed E-state index contributed by atoms with van der Waals surface area (Å²) in [6.07, 6.45) is 0. The third kappa shape index (κ3) is 3.75. The minimum atomic E-state index is -0.355. The van der Waals surface area contributed by atoms with Crippen LogP contribution in [0, 0.1) is 5.82 Å². The Labute approximate surface area is 135 Å². The average Bonchev–Trinajstić information content (AvgIpc) is 2.95. The van der Waals surface area contributed by atoms with Gasteiger partial charge in [-0.3, -0.25) is 10.1 Å². The number of halogens is 1. The van der Waals surface area contributed by atoms with Gasteiger partial charge in [-0.05, 0) is 42.5 Å². The number of ether oxygens (including phenoxy) is 2. The first-order chi connectivity index (χ1) is 11.1. The second kappa shape index (κ2) is 6.62. The zero-order chi connectivity index (χ0) is 16.2. The van der Waals surface area contributed by atoms with E-state index in [0.717, 1.165) is 16.0 Å². The summed E-state index contributed by atoms with van der Waals surface area (Å²) in [4.78, 5) is 16.2. The maximum Gasteiger partial charge on any atom is 0.264 e. The van der Waals surface area contributed by atoms with E-state index in [4.69, 9.17) is 9.47 Å². The second-order valence-electron chi connectivity index (χ2n) is 4.64. The van der Waals surface area contributed by atoms with E-state index in [0.29, 0.717) is 10.9 Å². The van der Waals surface area contributed by atoms with E-state index in [9.17, 15) is 9.18 Å². The Morgan fingerprint density at radius 1 is 1.22 bits per heavy atom. The van der Waals surface area contributed by atoms with Crippen molar-refractivity contribution >= 4 is 32.6 Å². The summed E-state index contributed by atoms with van der Waals surface area (Å²) in [6, 6.07) is 11.0. The van der Waals surface area contributed by atoms with Gasteiger partial charge in [-0.25, -0.2) is 9.37 Å². The molecule has 0 unspecified atom stereocenters. The highest BCUT2D eigenvalue weighted by atomic mass is 32.1. The van der Waals surface area contributed by atoms with Crippen LogP contribution in [0.5, 0.6) is 11.5 Å². The normalized spacial score (nSPS) is 10.5. The molecule has 7 heteroatoms. The minimum Gasteiger partial charge on any atom is -0.497 e. The summed E-state index contributed by atoms with van der Waals surface area (Å²) in [5, 5.41) is 3.17. The number of benzene rings is 2. The third-order valence-electron chi connectivity index (χ3n) is 3.03. The Balaban J connectivity index is 1.62. The van der Waals surface area contributed by atoms with Crippen molar-refractivity contribution in [2.24, 2.45) is 0 Å². The van der Waals surface area contributed by atoms with Gasteiger partial charge in [-0.1, -0.05) is 11.3 Å². The van der Waals surface area contributed by atoms with E-state index in [2.05, 4.69) is 10.3 Å². The smallest absolute Gasteiger partial charge is 0.264 e. The first-order valence-electron chi connectivity index (χ1n) is 6.77. The van der Waals surface area contributed by atoms with E-state index in [1.807, 2.05) is 18.2 Å². The van der Waals surface area contributed by atoms with Gasteiger partial charge in [0.15, 0.2) is 11.7 Å². The zero-order valence-electron chi connectivity index (χ0n) is 12.2. The van der Waals surface area contributed by atoms with Gasteiger partial charge < -0.3 is 9.47 Å². The number of amides is 1. The largest absolute Gasteiger partial charge is 0.497 e. The van der Waals surface area contributed by atoms with Crippen LogP contribution in [0.4, 0.5) is 9.52 Å². The van der Waals surface area contributed by atoms with Crippen LogP contribution < -0.4 is 14.8 Å². The molecule has 0 aliphatic carbocycles. The molecule has 0 radical (unpaired) electrons. The monoisotopic (exact) mass is 332 g/mol. The second-order valence-corrected chi connectivity index (χ2v) is 5.67. The number of carbonyl (C=O) groups is 1. The summed E-state index contributed by atoms with van der Waals surface area (Å²) in [5.41, 5.74) is 0.783. The SMILES string of the molecule is COc1ccc2nc(NC(=O)COc3ccc(F)cc3)sc2c1. The van der Waals surface area contributed by atoms with Gasteiger partial charge in [0.2, 0.25) is 0 Å². The number of aromatic nitrogens is 1. The number of fused-ring (bicyclic) bond motifs is 1. The van der Waals surface area contributed by atoms with Crippen LogP contribution in [0.2, 0.25) is 0 Å². The molecule has 3 aromatic rings. The third-order valence-corrected chi connectivity index (χ3v) is 3.96. The summed E-state index contributed by atoms with van der Waals surface area (Å²) in [6.45, 7) is -0.176. The first-order valence-corrected chi connectivity index (χ1v) is 7.58. The molecule has 1 heterocycles. The molecule has 5 nitrogen and oxygen atoms in total. The number of hydrogen-bond donors (Lipinski definition) is 1. The fourth-order valence-electron chi connectivity index (χ4n) is 1.92. The molecule has 0 aliphatic heterocycles. The first kappa shape index (κ1) is 15.2. The number of anilines is 1. The highest BCUT2D eigenvalue weighted by Crippen LogP contribution is 2.29. The van der Waals surface area contributed by atoms with E-state index in [1.54, 1.807) is 7.11 Å². The zero-order valence-corrected chi connectivity index (χ0v) is 13.0. The molecule has 1 amide bonds. The Morgan fingerprint density at radius 3 is 2.70 bits per heavy atom. The van der Waals surface area contributed by atoms with Crippen LogP contribution in [0.1, 0.15) is 0 Å². The summed E-state index contributed by atoms with van der Waals surface area (Å²) >= 11 is 1.35. The highest BCUT2D eigenvalue weighted by Gasteiger charge is 2.09. The lowest BCUT2D eigenvalue weighted by Crippen LogP contribution is -2.19. The molecule has 2 aromatic carbocycles. The topological polar surface area (TPSA) is 60.5 Å². The summed E-state index contributed by atoms with van der Waals surface area (Å²) in [5.74, 6) is 0.473. The van der Waals surface area contributed by atoms with Crippen LogP contribution >= 0.6 is 11.3 Å². The fraction of sp³-hybridized carbons (Fsp3) is 0.125. The van der Waals surface area contributed by atoms with Crippen LogP contribution in [0.15, 0.2) is 42.5 Å². The van der Waals surface area contributed by atoms with E-state index in [1.165, 1.54) is 35.6 Å². The lowest BCUT2D eigenvalue weighted by molar-refractivity contribution is -0.118. The van der Waals surface area contributed by atoms with Gasteiger partial charge in [0.25, 0.3) is 5.91 Å². The van der Waals surface area contributed by atoms with Crippen molar-refractivity contribution in [3.63, 3.8) is 0 Å². The van der Waals surface area contributed by atoms with E-state index in [-0.39, 0.29) is 18.3 Å². The van der Waals surface area contributed by atoms with Crippen LogP contribution in [0.3, 0.4) is 0 Å². The lowest BCUT2D eigenvalue weighted by Gasteiger charge is -2.05. The highest BCUT2D eigenvalue weighted by molar-refractivity contribution is 7.22. The number of hydrogen-bond acceptors (Lipinski definition) is 5. The number of nitrogens with zero attached hydrogens (tertiary/aromatic N) is 1. The lowest BCUT2D eigenvalue weighted by atomic mass is 10.3. The number of carbonyl (C=O) groups excluding carboxylic acids is 1. The maximum atomic E-state index is 12.8. The molecule has 0 spiro atoms. The van der Waals surface area contributed by atoms with Crippen molar-refractivity contribution in [1.29, 1.82) is 0 Å². The predicted molar refractivity (Wildman–Crippen MR) is 86.7 cm³/mol. The molecule has 0 aliphatic rings. The minimum absolute atomic E-state index is 0.176. The van der Waals surface area contributed by atoms with Gasteiger partial charge in [0, 0.05) is 0 Å². The molecule has 0 atom stereocenters. The Hall–Kier alpha value is -2.67. The molecule has 1 N–H and O–H groups in total. The molecule has 0 fully saturated rings. The maximum absolute atomic E-state index is 12.8. The number of nitrogens with one attached hydrogen (secondary N) is 1. The van der Waals surface area contributed by atoms with Gasteiger partial charge >= 0.3 is 0 Å². The molecular weight excluding hydrogens is 319 g/mol. The Morgan fingerprint density at radius 2 is 1.96 bits per heavy atom. The van der Waals surface area contributed by atoms with Crippen molar-refractivity contribution < 1.29 is 18.7 Å². The van der Waals surface area contributed by atoms with Crippen molar-refractivity contribution in [2.45, 2.75) is 0 Å². The quantitative estimate of drug-likeness (QED) is 0.777. The molecule has 3 rings (SSSR count). The summed E-state index contributed by atoms with van der Waals surface area (Å²) < 4.78 is 24.1. The number of thiazole rings is 1. The predicted octanol–water partition coefficient (Wildman–Crippen LogP) is 3.46. The average molecular weight is 332 g/mol. The van der Waals surface area contributed by atoms with Crippen molar-refractivity contribution in [2.75, 3.05) is 19.0 Å². The van der Waals surface area contributed by atoms with Crippen LogP contribution in [0.25, 0.3) is 10.2 Å². The van der Waals surface area contributed by atoms with Gasteiger partial charge in [0.05, 0.1) is 17.3 Å². The van der Waals surface area contributed by atoms with Gasteiger partial charge in [-0.15, -0.1) is 0 Å². The van der Waals surface area contributed by atoms with Crippen molar-refractivity contribution in [1.82, 2.24) is 4.98 Å². The van der Waals surface area contributed by atoms with Crippen molar-refractivity contribution in [3.05, 3.63) is 48.3 Å². The fourth-order valence-corrected chi connectivity index (χ4v) is 2.83. The number of methoxy groups -OCH3 is 1. The van der Waals surface area contributed by atoms with Crippen LogP contribution in [-0.4, -0.2) is 24.6 Å². The van der Waals surface area contributed by atoms with Crippen molar-refractivity contribution in [3.8, 4) is 11.5 Å². The van der Waals surface area contributed by atoms with E-state index < -0.39 is 0 Å². The molecule has 0 saturated carbocycles. The molecule has 0 bridgehead atoms. The molecule has 118 valence electrons. The Bertz CT molecular complexity index is 833. The summed E-state index contributed by atoms with van der Waals surface area (Å²) in [7, 11) is 1.59. The molecular formula is C16H13FN2O3S. The molecule has 1 aromatic heterocycles. The van der Waals surface area contributed by atoms with Crippen LogP contribution in [-0.2, 0) is 4.79 Å². The Kier molecular flexibility index (Phi) is 4.38. The van der Waals surface area contributed by atoms with Gasteiger partial charge in [0.1, 0.15) is 17.3 Å². The molecule has 0 saturated heterocycles. The molecule has 23 heavy (non-hydrogen) atoms.